The van der Waals surface area contributed by atoms with Gasteiger partial charge in [0.1, 0.15) is 12.1 Å². The van der Waals surface area contributed by atoms with Crippen molar-refractivity contribution >= 4 is 11.8 Å². The molecule has 2 N–H and O–H groups in total. The molecule has 1 fully saturated rings. The zero-order chi connectivity index (χ0) is 17.2. The number of benzene rings is 1. The van der Waals surface area contributed by atoms with Gasteiger partial charge in [0, 0.05) is 37.7 Å². The Bertz CT molecular complexity index is 831. The van der Waals surface area contributed by atoms with Crippen LogP contribution in [0.5, 0.6) is 0 Å². The number of nitrogens with zero attached hydrogens (tertiary/aromatic N) is 6. The van der Waals surface area contributed by atoms with E-state index in [4.69, 9.17) is 5.73 Å². The van der Waals surface area contributed by atoms with Crippen molar-refractivity contribution in [2.24, 2.45) is 7.05 Å². The number of piperidine rings is 1. The van der Waals surface area contributed by atoms with Crippen LogP contribution in [0.3, 0.4) is 0 Å². The average Bonchev–Trinajstić information content (AvgIpc) is 3.01. The van der Waals surface area contributed by atoms with E-state index < -0.39 is 0 Å². The molecule has 7 heteroatoms. The molecule has 3 heterocycles. The molecule has 0 aliphatic carbocycles. The third kappa shape index (κ3) is 3.17. The molecule has 1 aliphatic rings. The largest absolute Gasteiger partial charge is 0.368 e. The summed E-state index contributed by atoms with van der Waals surface area (Å²) >= 11 is 0. The van der Waals surface area contributed by atoms with Gasteiger partial charge < -0.3 is 10.6 Å². The molecule has 2 aromatic heterocycles. The predicted octanol–water partition coefficient (Wildman–Crippen LogP) is 2.24. The van der Waals surface area contributed by atoms with Gasteiger partial charge in [-0.05, 0) is 12.8 Å². The van der Waals surface area contributed by atoms with Gasteiger partial charge in [-0.15, -0.1) is 0 Å². The second kappa shape index (κ2) is 6.51. The van der Waals surface area contributed by atoms with Crippen LogP contribution in [-0.2, 0) is 7.05 Å². The zero-order valence-corrected chi connectivity index (χ0v) is 14.2. The lowest BCUT2D eigenvalue weighted by Crippen LogP contribution is -2.33. The van der Waals surface area contributed by atoms with Crippen LogP contribution in [0.2, 0.25) is 0 Å². The lowest BCUT2D eigenvalue weighted by atomic mass is 9.96. The maximum atomic E-state index is 5.80. The molecule has 1 aliphatic heterocycles. The van der Waals surface area contributed by atoms with Gasteiger partial charge >= 0.3 is 0 Å². The summed E-state index contributed by atoms with van der Waals surface area (Å²) < 4.78 is 1.64. The number of anilines is 2. The summed E-state index contributed by atoms with van der Waals surface area (Å²) in [5.41, 5.74) is 7.86. The lowest BCUT2D eigenvalue weighted by Gasteiger charge is -2.31. The van der Waals surface area contributed by atoms with Crippen molar-refractivity contribution < 1.29 is 0 Å². The number of hydrogen-bond acceptors (Lipinski definition) is 6. The molecule has 1 saturated heterocycles. The monoisotopic (exact) mass is 335 g/mol. The van der Waals surface area contributed by atoms with Crippen LogP contribution in [0.25, 0.3) is 11.3 Å². The van der Waals surface area contributed by atoms with Crippen molar-refractivity contribution in [1.29, 1.82) is 0 Å². The number of rotatable bonds is 3. The van der Waals surface area contributed by atoms with Gasteiger partial charge in [-0.25, -0.2) is 14.6 Å². The number of nitrogen functional groups attached to an aromatic ring is 1. The number of aromatic nitrogens is 5. The van der Waals surface area contributed by atoms with Gasteiger partial charge in [-0.3, -0.25) is 0 Å². The molecule has 0 atom stereocenters. The van der Waals surface area contributed by atoms with Crippen molar-refractivity contribution in [3.8, 4) is 11.3 Å². The first kappa shape index (κ1) is 15.6. The minimum atomic E-state index is 0.357. The molecule has 0 unspecified atom stereocenters. The standard InChI is InChI=1S/C18H21N7/c1-24-18(19)22-17(23-24)14-7-9-25(10-8-14)16-11-15(20-12-21-16)13-5-3-2-4-6-13/h2-6,11-12,14H,7-10H2,1H3,(H2,19,22,23). The van der Waals surface area contributed by atoms with Gasteiger partial charge in [-0.2, -0.15) is 10.1 Å². The Morgan fingerprint density at radius 1 is 1.08 bits per heavy atom. The molecule has 128 valence electrons. The van der Waals surface area contributed by atoms with Crippen LogP contribution in [0.15, 0.2) is 42.7 Å². The summed E-state index contributed by atoms with van der Waals surface area (Å²) in [6.45, 7) is 1.85. The first-order valence-corrected chi connectivity index (χ1v) is 8.49. The van der Waals surface area contributed by atoms with E-state index in [0.29, 0.717) is 11.9 Å². The fraction of sp³-hybridized carbons (Fsp3) is 0.333. The highest BCUT2D eigenvalue weighted by molar-refractivity contribution is 5.62. The summed E-state index contributed by atoms with van der Waals surface area (Å²) in [5.74, 6) is 2.66. The Hall–Kier alpha value is -2.96. The Kier molecular flexibility index (Phi) is 4.05. The van der Waals surface area contributed by atoms with Gasteiger partial charge in [-0.1, -0.05) is 30.3 Å². The number of hydrogen-bond donors (Lipinski definition) is 1. The van der Waals surface area contributed by atoms with E-state index in [-0.39, 0.29) is 0 Å². The molecule has 1 aromatic carbocycles. The van der Waals surface area contributed by atoms with Crippen molar-refractivity contribution in [3.05, 3.63) is 48.5 Å². The van der Waals surface area contributed by atoms with E-state index in [2.05, 4.69) is 43.1 Å². The van der Waals surface area contributed by atoms with Crippen LogP contribution in [0.4, 0.5) is 11.8 Å². The second-order valence-electron chi connectivity index (χ2n) is 6.34. The third-order valence-electron chi connectivity index (χ3n) is 4.72. The Balaban J connectivity index is 1.47. The molecule has 25 heavy (non-hydrogen) atoms. The molecule has 0 bridgehead atoms. The molecule has 0 amide bonds. The first-order chi connectivity index (χ1) is 12.2. The smallest absolute Gasteiger partial charge is 0.218 e. The van der Waals surface area contributed by atoms with Gasteiger partial charge in [0.25, 0.3) is 0 Å². The van der Waals surface area contributed by atoms with Gasteiger partial charge in [0.15, 0.2) is 5.82 Å². The van der Waals surface area contributed by atoms with Gasteiger partial charge in [0.2, 0.25) is 5.95 Å². The Morgan fingerprint density at radius 3 is 2.52 bits per heavy atom. The quantitative estimate of drug-likeness (QED) is 0.790. The van der Waals surface area contributed by atoms with Crippen LogP contribution >= 0.6 is 0 Å². The highest BCUT2D eigenvalue weighted by Crippen LogP contribution is 2.29. The molecule has 3 aromatic rings. The zero-order valence-electron chi connectivity index (χ0n) is 14.2. The van der Waals surface area contributed by atoms with E-state index in [0.717, 1.165) is 48.8 Å². The van der Waals surface area contributed by atoms with Crippen LogP contribution in [-0.4, -0.2) is 37.8 Å². The minimum Gasteiger partial charge on any atom is -0.368 e. The minimum absolute atomic E-state index is 0.357. The molecular weight excluding hydrogens is 314 g/mol. The predicted molar refractivity (Wildman–Crippen MR) is 97.1 cm³/mol. The fourth-order valence-corrected chi connectivity index (χ4v) is 3.24. The molecule has 0 saturated carbocycles. The summed E-state index contributed by atoms with van der Waals surface area (Å²) in [6, 6.07) is 12.2. The Labute approximate surface area is 146 Å². The molecular formula is C18H21N7. The van der Waals surface area contributed by atoms with Crippen LogP contribution in [0, 0.1) is 0 Å². The SMILES string of the molecule is Cn1nc(C2CCN(c3cc(-c4ccccc4)ncn3)CC2)nc1N. The highest BCUT2D eigenvalue weighted by atomic mass is 15.4. The number of aryl methyl sites for hydroxylation is 1. The number of nitrogens with two attached hydrogens (primary N) is 1. The van der Waals surface area contributed by atoms with Crippen molar-refractivity contribution in [2.75, 3.05) is 23.7 Å². The lowest BCUT2D eigenvalue weighted by molar-refractivity contribution is 0.481. The summed E-state index contributed by atoms with van der Waals surface area (Å²) in [4.78, 5) is 15.5. The summed E-state index contributed by atoms with van der Waals surface area (Å²) in [7, 11) is 1.83. The second-order valence-corrected chi connectivity index (χ2v) is 6.34. The topological polar surface area (TPSA) is 85.8 Å². The maximum Gasteiger partial charge on any atom is 0.218 e. The van der Waals surface area contributed by atoms with E-state index in [1.165, 1.54) is 0 Å². The molecule has 7 nitrogen and oxygen atoms in total. The van der Waals surface area contributed by atoms with E-state index in [1.807, 2.05) is 25.2 Å². The first-order valence-electron chi connectivity index (χ1n) is 8.49. The van der Waals surface area contributed by atoms with Crippen LogP contribution in [0.1, 0.15) is 24.6 Å². The fourth-order valence-electron chi connectivity index (χ4n) is 3.24. The van der Waals surface area contributed by atoms with Crippen molar-refractivity contribution in [2.45, 2.75) is 18.8 Å². The third-order valence-corrected chi connectivity index (χ3v) is 4.72. The van der Waals surface area contributed by atoms with Crippen molar-refractivity contribution in [3.63, 3.8) is 0 Å². The molecule has 0 spiro atoms. The van der Waals surface area contributed by atoms with Crippen molar-refractivity contribution in [1.82, 2.24) is 24.7 Å². The van der Waals surface area contributed by atoms with Gasteiger partial charge in [0.05, 0.1) is 5.69 Å². The maximum absolute atomic E-state index is 5.80. The van der Waals surface area contributed by atoms with E-state index in [1.54, 1.807) is 11.0 Å². The normalized spacial score (nSPS) is 15.5. The van der Waals surface area contributed by atoms with E-state index >= 15 is 0 Å². The summed E-state index contributed by atoms with van der Waals surface area (Å²) in [6.07, 6.45) is 3.63. The summed E-state index contributed by atoms with van der Waals surface area (Å²) in [5, 5.41) is 4.42. The van der Waals surface area contributed by atoms with E-state index in [9.17, 15) is 0 Å². The average molecular weight is 335 g/mol. The Morgan fingerprint density at radius 2 is 1.84 bits per heavy atom. The highest BCUT2D eigenvalue weighted by Gasteiger charge is 2.25. The van der Waals surface area contributed by atoms with Crippen LogP contribution < -0.4 is 10.6 Å². The molecule has 0 radical (unpaired) electrons. The molecule has 4 rings (SSSR count).